The molecule has 0 fully saturated rings. The molecule has 0 aliphatic carbocycles. The predicted molar refractivity (Wildman–Crippen MR) is 87.1 cm³/mol. The number of nitrogens with zero attached hydrogens (tertiary/aromatic N) is 4. The number of hydrogen-bond acceptors (Lipinski definition) is 4. The Labute approximate surface area is 129 Å². The van der Waals surface area contributed by atoms with Crippen LogP contribution in [0.15, 0.2) is 9.59 Å². The molecule has 2 heterocycles. The number of aryl methyl sites for hydroxylation is 2. The predicted octanol–water partition coefficient (Wildman–Crippen LogP) is 0.600. The summed E-state index contributed by atoms with van der Waals surface area (Å²) in [5.74, 6) is 1.05. The molecule has 2 N–H and O–H groups in total. The molecule has 0 atom stereocenters. The van der Waals surface area contributed by atoms with Gasteiger partial charge in [0.1, 0.15) is 5.82 Å². The molecule has 7 heteroatoms. The first-order valence-electron chi connectivity index (χ1n) is 7.75. The molecule has 7 nitrogen and oxygen atoms in total. The number of nitrogens with two attached hydrogens (primary N) is 1. The van der Waals surface area contributed by atoms with Crippen molar-refractivity contribution in [3.63, 3.8) is 0 Å². The molecule has 2 aromatic rings. The third kappa shape index (κ3) is 2.85. The molecule has 0 saturated heterocycles. The largest absolute Gasteiger partial charge is 0.332 e. The average Bonchev–Trinajstić information content (AvgIpc) is 2.78. The summed E-state index contributed by atoms with van der Waals surface area (Å²) in [5, 5.41) is 0. The van der Waals surface area contributed by atoms with E-state index in [2.05, 4.69) is 4.98 Å². The van der Waals surface area contributed by atoms with Crippen LogP contribution in [-0.4, -0.2) is 25.2 Å². The van der Waals surface area contributed by atoms with E-state index in [-0.39, 0.29) is 11.2 Å². The van der Waals surface area contributed by atoms with Gasteiger partial charge in [-0.2, -0.15) is 0 Å². The fraction of sp³-hybridized carbons (Fsp3) is 0.667. The van der Waals surface area contributed by atoms with Gasteiger partial charge < -0.3 is 10.3 Å². The van der Waals surface area contributed by atoms with Crippen molar-refractivity contribution in [1.82, 2.24) is 18.7 Å². The zero-order valence-electron chi connectivity index (χ0n) is 13.8. The van der Waals surface area contributed by atoms with E-state index in [1.165, 1.54) is 11.6 Å². The second-order valence-corrected chi connectivity index (χ2v) is 6.13. The Morgan fingerprint density at radius 1 is 1.18 bits per heavy atom. The Kier molecular flexibility index (Phi) is 4.85. The molecule has 0 bridgehead atoms. The van der Waals surface area contributed by atoms with Gasteiger partial charge in [0.05, 0.1) is 0 Å². The molecule has 0 spiro atoms. The SMILES string of the molecule is Cc1nc2c(c(=O)n(C)c(=O)n2CC(C)C)n1CCCCN. The summed E-state index contributed by atoms with van der Waals surface area (Å²) in [7, 11) is 1.52. The second-order valence-electron chi connectivity index (χ2n) is 6.13. The number of imidazole rings is 1. The molecule has 22 heavy (non-hydrogen) atoms. The smallest absolute Gasteiger partial charge is 0.330 e. The van der Waals surface area contributed by atoms with Gasteiger partial charge in [0.25, 0.3) is 5.56 Å². The molecule has 0 aliphatic rings. The van der Waals surface area contributed by atoms with Crippen LogP contribution in [0.4, 0.5) is 0 Å². The third-order valence-corrected chi connectivity index (χ3v) is 3.80. The van der Waals surface area contributed by atoms with Crippen LogP contribution >= 0.6 is 0 Å². The summed E-state index contributed by atoms with van der Waals surface area (Å²) in [5.41, 5.74) is 5.95. The highest BCUT2D eigenvalue weighted by atomic mass is 16.2. The minimum Gasteiger partial charge on any atom is -0.330 e. The van der Waals surface area contributed by atoms with E-state index in [1.54, 1.807) is 4.57 Å². The quantitative estimate of drug-likeness (QED) is 0.792. The van der Waals surface area contributed by atoms with Crippen molar-refractivity contribution in [2.75, 3.05) is 6.54 Å². The first-order chi connectivity index (χ1) is 10.4. The lowest BCUT2D eigenvalue weighted by Gasteiger charge is -2.12. The van der Waals surface area contributed by atoms with E-state index in [9.17, 15) is 9.59 Å². The summed E-state index contributed by atoms with van der Waals surface area (Å²) in [6.07, 6.45) is 1.78. The molecule has 2 aromatic heterocycles. The van der Waals surface area contributed by atoms with E-state index in [1.807, 2.05) is 25.3 Å². The molecule has 0 aliphatic heterocycles. The Hall–Kier alpha value is -1.89. The van der Waals surface area contributed by atoms with Crippen molar-refractivity contribution in [3.05, 3.63) is 26.7 Å². The Bertz CT molecular complexity index is 782. The number of aromatic nitrogens is 4. The fourth-order valence-corrected chi connectivity index (χ4v) is 2.68. The maximum Gasteiger partial charge on any atom is 0.332 e. The van der Waals surface area contributed by atoms with Gasteiger partial charge >= 0.3 is 5.69 Å². The van der Waals surface area contributed by atoms with E-state index in [0.717, 1.165) is 18.7 Å². The van der Waals surface area contributed by atoms with Crippen molar-refractivity contribution in [2.24, 2.45) is 18.7 Å². The Balaban J connectivity index is 2.70. The van der Waals surface area contributed by atoms with Gasteiger partial charge in [-0.1, -0.05) is 13.8 Å². The minimum absolute atomic E-state index is 0.284. The normalized spacial score (nSPS) is 11.7. The first-order valence-corrected chi connectivity index (χ1v) is 7.75. The van der Waals surface area contributed by atoms with Crippen LogP contribution in [0.5, 0.6) is 0 Å². The monoisotopic (exact) mass is 307 g/mol. The van der Waals surface area contributed by atoms with Crippen molar-refractivity contribution in [1.29, 1.82) is 0 Å². The van der Waals surface area contributed by atoms with Crippen molar-refractivity contribution in [3.8, 4) is 0 Å². The molecule has 0 unspecified atom stereocenters. The van der Waals surface area contributed by atoms with E-state index >= 15 is 0 Å². The van der Waals surface area contributed by atoms with Crippen LogP contribution in [0.3, 0.4) is 0 Å². The maximum atomic E-state index is 12.5. The standard InChI is InChI=1S/C15H25N5O2/c1-10(2)9-20-13-12(14(21)18(4)15(20)22)19(11(3)17-13)8-6-5-7-16/h10H,5-9,16H2,1-4H3. The molecule has 0 saturated carbocycles. The number of rotatable bonds is 6. The van der Waals surface area contributed by atoms with Crippen LogP contribution in [0.25, 0.3) is 11.2 Å². The molecule has 0 radical (unpaired) electrons. The summed E-state index contributed by atoms with van der Waals surface area (Å²) >= 11 is 0. The van der Waals surface area contributed by atoms with Crippen molar-refractivity contribution < 1.29 is 0 Å². The third-order valence-electron chi connectivity index (χ3n) is 3.80. The van der Waals surface area contributed by atoms with Gasteiger partial charge in [0.2, 0.25) is 0 Å². The van der Waals surface area contributed by atoms with Crippen LogP contribution in [-0.2, 0) is 20.1 Å². The van der Waals surface area contributed by atoms with Crippen LogP contribution in [0, 0.1) is 12.8 Å². The summed E-state index contributed by atoms with van der Waals surface area (Å²) in [4.78, 5) is 29.4. The molecular weight excluding hydrogens is 282 g/mol. The highest BCUT2D eigenvalue weighted by molar-refractivity contribution is 5.71. The van der Waals surface area contributed by atoms with Gasteiger partial charge in [-0.25, -0.2) is 9.78 Å². The molecule has 0 aromatic carbocycles. The minimum atomic E-state index is -0.308. The highest BCUT2D eigenvalue weighted by Gasteiger charge is 2.18. The highest BCUT2D eigenvalue weighted by Crippen LogP contribution is 2.13. The van der Waals surface area contributed by atoms with Gasteiger partial charge in [-0.05, 0) is 32.2 Å². The zero-order chi connectivity index (χ0) is 16.4. The lowest BCUT2D eigenvalue weighted by molar-refractivity contribution is 0.499. The topological polar surface area (TPSA) is 87.8 Å². The van der Waals surface area contributed by atoms with Crippen molar-refractivity contribution in [2.45, 2.75) is 46.7 Å². The molecular formula is C15H25N5O2. The summed E-state index contributed by atoms with van der Waals surface area (Å²) in [6.45, 7) is 7.80. The van der Waals surface area contributed by atoms with Gasteiger partial charge in [-0.15, -0.1) is 0 Å². The van der Waals surface area contributed by atoms with Gasteiger partial charge in [0, 0.05) is 20.1 Å². The van der Waals surface area contributed by atoms with Gasteiger partial charge in [0.15, 0.2) is 11.2 Å². The van der Waals surface area contributed by atoms with E-state index in [0.29, 0.717) is 36.7 Å². The molecule has 122 valence electrons. The number of fused-ring (bicyclic) bond motifs is 1. The lowest BCUT2D eigenvalue weighted by atomic mass is 10.2. The number of unbranched alkanes of at least 4 members (excludes halogenated alkanes) is 1. The summed E-state index contributed by atoms with van der Waals surface area (Å²) < 4.78 is 4.68. The second kappa shape index (κ2) is 6.48. The Morgan fingerprint density at radius 2 is 1.86 bits per heavy atom. The lowest BCUT2D eigenvalue weighted by Crippen LogP contribution is -2.39. The molecule has 0 amide bonds. The average molecular weight is 307 g/mol. The van der Waals surface area contributed by atoms with E-state index < -0.39 is 0 Å². The first kappa shape index (κ1) is 16.5. The number of hydrogen-bond donors (Lipinski definition) is 1. The fourth-order valence-electron chi connectivity index (χ4n) is 2.68. The summed E-state index contributed by atoms with van der Waals surface area (Å²) in [6, 6.07) is 0. The van der Waals surface area contributed by atoms with Gasteiger partial charge in [-0.3, -0.25) is 13.9 Å². The Morgan fingerprint density at radius 3 is 2.45 bits per heavy atom. The van der Waals surface area contributed by atoms with Crippen LogP contribution in [0.2, 0.25) is 0 Å². The van der Waals surface area contributed by atoms with Crippen LogP contribution in [0.1, 0.15) is 32.5 Å². The zero-order valence-corrected chi connectivity index (χ0v) is 13.8. The molecule has 2 rings (SSSR count). The van der Waals surface area contributed by atoms with E-state index in [4.69, 9.17) is 5.73 Å². The van der Waals surface area contributed by atoms with Crippen molar-refractivity contribution >= 4 is 11.2 Å². The maximum absolute atomic E-state index is 12.5. The van der Waals surface area contributed by atoms with Crippen LogP contribution < -0.4 is 17.0 Å².